The molecule has 3 amide bonds. The van der Waals surface area contributed by atoms with E-state index in [-0.39, 0.29) is 11.9 Å². The van der Waals surface area contributed by atoms with Crippen LogP contribution in [0.15, 0.2) is 54.7 Å². The van der Waals surface area contributed by atoms with Gasteiger partial charge in [0.2, 0.25) is 5.91 Å². The van der Waals surface area contributed by atoms with Crippen LogP contribution in [0.4, 0.5) is 21.9 Å². The summed E-state index contributed by atoms with van der Waals surface area (Å²) in [5, 5.41) is 9.26. The van der Waals surface area contributed by atoms with Gasteiger partial charge >= 0.3 is 6.03 Å². The summed E-state index contributed by atoms with van der Waals surface area (Å²) in [6, 6.07) is 14.2. The predicted octanol–water partition coefficient (Wildman–Crippen LogP) is 3.77. The van der Waals surface area contributed by atoms with Gasteiger partial charge in [0.1, 0.15) is 0 Å². The highest BCUT2D eigenvalue weighted by molar-refractivity contribution is 6.01. The molecule has 2 aromatic carbocycles. The molecule has 0 radical (unpaired) electrons. The Balaban J connectivity index is 1.67. The van der Waals surface area contributed by atoms with E-state index in [4.69, 9.17) is 0 Å². The maximum Gasteiger partial charge on any atom is 0.323 e. The number of fused-ring (bicyclic) bond motifs is 1. The standard InChI is InChI=1S/C17H16N4O2/c1-11(22)19-13-3-2-4-14(9-13)20-17(23)21-15-6-5-12-7-8-18-16(12)10-15/h2-10,18H,1H3,(H,19,22)(H2,20,21,23). The molecule has 3 rings (SSSR count). The van der Waals surface area contributed by atoms with Gasteiger partial charge in [0, 0.05) is 35.7 Å². The molecule has 0 spiro atoms. The van der Waals surface area contributed by atoms with Crippen molar-refractivity contribution < 1.29 is 9.59 Å². The van der Waals surface area contributed by atoms with Crippen molar-refractivity contribution in [3.63, 3.8) is 0 Å². The van der Waals surface area contributed by atoms with Crippen LogP contribution in [0, 0.1) is 0 Å². The summed E-state index contributed by atoms with van der Waals surface area (Å²) in [5.74, 6) is -0.161. The Labute approximate surface area is 132 Å². The molecule has 116 valence electrons. The molecule has 0 saturated carbocycles. The number of H-pyrrole nitrogens is 1. The molecule has 0 saturated heterocycles. The van der Waals surface area contributed by atoms with E-state index < -0.39 is 0 Å². The lowest BCUT2D eigenvalue weighted by Crippen LogP contribution is -2.19. The molecule has 0 atom stereocenters. The number of aromatic amines is 1. The molecule has 23 heavy (non-hydrogen) atoms. The molecule has 3 aromatic rings. The van der Waals surface area contributed by atoms with Gasteiger partial charge in [0.15, 0.2) is 0 Å². The first-order valence-corrected chi connectivity index (χ1v) is 7.13. The molecule has 1 heterocycles. The van der Waals surface area contributed by atoms with Gasteiger partial charge in [-0.15, -0.1) is 0 Å². The second-order valence-corrected chi connectivity index (χ2v) is 5.12. The summed E-state index contributed by atoms with van der Waals surface area (Å²) in [4.78, 5) is 26.2. The van der Waals surface area contributed by atoms with Crippen LogP contribution in [0.2, 0.25) is 0 Å². The predicted molar refractivity (Wildman–Crippen MR) is 91.7 cm³/mol. The van der Waals surface area contributed by atoms with E-state index in [0.29, 0.717) is 17.1 Å². The van der Waals surface area contributed by atoms with Crippen LogP contribution in [0.25, 0.3) is 10.9 Å². The summed E-state index contributed by atoms with van der Waals surface area (Å²) in [6.07, 6.45) is 1.85. The Morgan fingerprint density at radius 1 is 0.870 bits per heavy atom. The number of aromatic nitrogens is 1. The van der Waals surface area contributed by atoms with Crippen molar-refractivity contribution in [2.45, 2.75) is 6.92 Å². The summed E-state index contributed by atoms with van der Waals surface area (Å²) in [6.45, 7) is 1.43. The highest BCUT2D eigenvalue weighted by Gasteiger charge is 2.05. The number of hydrogen-bond acceptors (Lipinski definition) is 2. The third kappa shape index (κ3) is 3.68. The Bertz CT molecular complexity index is 870. The number of carbonyl (C=O) groups excluding carboxylic acids is 2. The van der Waals surface area contributed by atoms with Gasteiger partial charge in [0.25, 0.3) is 0 Å². The third-order valence-electron chi connectivity index (χ3n) is 3.25. The Hall–Kier alpha value is -3.28. The largest absolute Gasteiger partial charge is 0.361 e. The van der Waals surface area contributed by atoms with Crippen LogP contribution in [-0.4, -0.2) is 16.9 Å². The van der Waals surface area contributed by atoms with Gasteiger partial charge in [-0.1, -0.05) is 12.1 Å². The van der Waals surface area contributed by atoms with E-state index in [1.165, 1.54) is 6.92 Å². The fourth-order valence-corrected chi connectivity index (χ4v) is 2.30. The maximum absolute atomic E-state index is 12.1. The number of benzene rings is 2. The molecule has 6 nitrogen and oxygen atoms in total. The first kappa shape index (κ1) is 14.6. The number of anilines is 3. The molecule has 0 unspecified atom stereocenters. The fourth-order valence-electron chi connectivity index (χ4n) is 2.30. The minimum atomic E-state index is -0.351. The van der Waals surface area contributed by atoms with Crippen molar-refractivity contribution in [2.75, 3.05) is 16.0 Å². The molecule has 1 aromatic heterocycles. The topological polar surface area (TPSA) is 86.0 Å². The van der Waals surface area contributed by atoms with Crippen molar-refractivity contribution >= 4 is 39.9 Å². The van der Waals surface area contributed by atoms with Gasteiger partial charge in [-0.25, -0.2) is 4.79 Å². The second kappa shape index (κ2) is 6.23. The third-order valence-corrected chi connectivity index (χ3v) is 3.25. The van der Waals surface area contributed by atoms with E-state index in [0.717, 1.165) is 10.9 Å². The number of hydrogen-bond donors (Lipinski definition) is 4. The van der Waals surface area contributed by atoms with Crippen molar-refractivity contribution in [2.24, 2.45) is 0 Å². The van der Waals surface area contributed by atoms with Crippen LogP contribution in [-0.2, 0) is 4.79 Å². The van der Waals surface area contributed by atoms with Crippen LogP contribution in [0.5, 0.6) is 0 Å². The summed E-state index contributed by atoms with van der Waals surface area (Å²) < 4.78 is 0. The molecule has 0 aliphatic heterocycles. The first-order valence-electron chi connectivity index (χ1n) is 7.13. The highest BCUT2D eigenvalue weighted by atomic mass is 16.2. The number of rotatable bonds is 3. The van der Waals surface area contributed by atoms with Crippen LogP contribution in [0.1, 0.15) is 6.92 Å². The van der Waals surface area contributed by atoms with Crippen molar-refractivity contribution in [1.29, 1.82) is 0 Å². The number of carbonyl (C=O) groups is 2. The zero-order chi connectivity index (χ0) is 16.2. The quantitative estimate of drug-likeness (QED) is 0.593. The van der Waals surface area contributed by atoms with E-state index in [1.54, 1.807) is 24.3 Å². The fraction of sp³-hybridized carbons (Fsp3) is 0.0588. The van der Waals surface area contributed by atoms with Crippen LogP contribution in [0.3, 0.4) is 0 Å². The smallest absolute Gasteiger partial charge is 0.323 e. The zero-order valence-corrected chi connectivity index (χ0v) is 12.5. The number of nitrogens with one attached hydrogen (secondary N) is 4. The average Bonchev–Trinajstić information content (AvgIpc) is 2.94. The summed E-state index contributed by atoms with van der Waals surface area (Å²) in [5.41, 5.74) is 2.86. The SMILES string of the molecule is CC(=O)Nc1cccc(NC(=O)Nc2ccc3cc[nH]c3c2)c1. The van der Waals surface area contributed by atoms with Gasteiger partial charge < -0.3 is 20.9 Å². The Morgan fingerprint density at radius 2 is 1.57 bits per heavy atom. The lowest BCUT2D eigenvalue weighted by atomic mass is 10.2. The van der Waals surface area contributed by atoms with Crippen LogP contribution >= 0.6 is 0 Å². The van der Waals surface area contributed by atoms with Gasteiger partial charge in [-0.05, 0) is 41.8 Å². The molecule has 0 aliphatic rings. The van der Waals surface area contributed by atoms with E-state index in [1.807, 2.05) is 30.5 Å². The summed E-state index contributed by atoms with van der Waals surface area (Å²) in [7, 11) is 0. The molecular weight excluding hydrogens is 292 g/mol. The first-order chi connectivity index (χ1) is 11.1. The van der Waals surface area contributed by atoms with E-state index >= 15 is 0 Å². The zero-order valence-electron chi connectivity index (χ0n) is 12.5. The van der Waals surface area contributed by atoms with Gasteiger partial charge in [0.05, 0.1) is 0 Å². The van der Waals surface area contributed by atoms with Crippen molar-refractivity contribution in [1.82, 2.24) is 4.98 Å². The Kier molecular flexibility index (Phi) is 3.97. The molecule has 0 aliphatic carbocycles. The van der Waals surface area contributed by atoms with Crippen molar-refractivity contribution in [3.8, 4) is 0 Å². The lowest BCUT2D eigenvalue weighted by molar-refractivity contribution is -0.114. The molecule has 4 N–H and O–H groups in total. The summed E-state index contributed by atoms with van der Waals surface area (Å²) >= 11 is 0. The number of urea groups is 1. The molecule has 0 fully saturated rings. The van der Waals surface area contributed by atoms with E-state index in [2.05, 4.69) is 20.9 Å². The van der Waals surface area contributed by atoms with Crippen molar-refractivity contribution in [3.05, 3.63) is 54.7 Å². The molecule has 0 bridgehead atoms. The average molecular weight is 308 g/mol. The normalized spacial score (nSPS) is 10.3. The number of amides is 3. The lowest BCUT2D eigenvalue weighted by Gasteiger charge is -2.09. The molecule has 6 heteroatoms. The highest BCUT2D eigenvalue weighted by Crippen LogP contribution is 2.19. The second-order valence-electron chi connectivity index (χ2n) is 5.12. The minimum absolute atomic E-state index is 0.161. The van der Waals surface area contributed by atoms with E-state index in [9.17, 15) is 9.59 Å². The molecular formula is C17H16N4O2. The maximum atomic E-state index is 12.1. The monoisotopic (exact) mass is 308 g/mol. The van der Waals surface area contributed by atoms with Crippen LogP contribution < -0.4 is 16.0 Å². The van der Waals surface area contributed by atoms with Gasteiger partial charge in [-0.3, -0.25) is 4.79 Å². The Morgan fingerprint density at radius 3 is 2.30 bits per heavy atom. The minimum Gasteiger partial charge on any atom is -0.361 e. The van der Waals surface area contributed by atoms with Gasteiger partial charge in [-0.2, -0.15) is 0 Å².